The first-order chi connectivity index (χ1) is 18.3. The molecule has 2 amide bonds. The molecule has 3 heterocycles. The van der Waals surface area contributed by atoms with Crippen LogP contribution in [0.4, 0.5) is 35.4 Å². The Kier molecular flexibility index (Phi) is 6.92. The number of nitrogens with zero attached hydrogens (tertiary/aromatic N) is 4. The maximum Gasteiger partial charge on any atom is 0.328 e. The smallest absolute Gasteiger partial charge is 0.328 e. The van der Waals surface area contributed by atoms with Crippen molar-refractivity contribution in [1.82, 2.24) is 15.3 Å². The molecular formula is C27H26F3N5O3. The van der Waals surface area contributed by atoms with Crippen LogP contribution in [0.5, 0.6) is 0 Å². The molecule has 2 aliphatic rings. The second kappa shape index (κ2) is 10.3. The van der Waals surface area contributed by atoms with Crippen molar-refractivity contribution < 1.29 is 27.5 Å². The fraction of sp³-hybridized carbons (Fsp3) is 0.333. The number of halogens is 3. The largest absolute Gasteiger partial charge is 0.466 e. The third-order valence-electron chi connectivity index (χ3n) is 6.81. The van der Waals surface area contributed by atoms with Gasteiger partial charge in [0, 0.05) is 24.2 Å². The molecular weight excluding hydrogens is 499 g/mol. The van der Waals surface area contributed by atoms with Crippen LogP contribution in [0.2, 0.25) is 0 Å². The van der Waals surface area contributed by atoms with Gasteiger partial charge in [-0.05, 0) is 62.6 Å². The number of ether oxygens (including phenoxy) is 1. The van der Waals surface area contributed by atoms with Crippen molar-refractivity contribution in [2.75, 3.05) is 29.5 Å². The van der Waals surface area contributed by atoms with Gasteiger partial charge in [-0.15, -0.1) is 0 Å². The number of piperidine rings is 1. The number of hydrogen-bond donors (Lipinski definition) is 1. The van der Waals surface area contributed by atoms with E-state index >= 15 is 0 Å². The van der Waals surface area contributed by atoms with Gasteiger partial charge < -0.3 is 15.0 Å². The fourth-order valence-electron chi connectivity index (χ4n) is 4.89. The lowest BCUT2D eigenvalue weighted by molar-refractivity contribution is -0.148. The number of aryl methyl sites for hydroxylation is 1. The monoisotopic (exact) mass is 525 g/mol. The van der Waals surface area contributed by atoms with Crippen LogP contribution in [-0.4, -0.2) is 41.7 Å². The lowest BCUT2D eigenvalue weighted by Crippen LogP contribution is -2.44. The second-order valence-electron chi connectivity index (χ2n) is 9.21. The molecule has 8 nitrogen and oxygen atoms in total. The number of aromatic nitrogens is 2. The molecule has 0 spiro atoms. The molecule has 3 aromatic rings. The summed E-state index contributed by atoms with van der Waals surface area (Å²) in [7, 11) is 0. The van der Waals surface area contributed by atoms with Crippen LogP contribution in [0, 0.1) is 30.3 Å². The minimum atomic E-state index is -0.928. The molecule has 0 saturated carbocycles. The number of para-hydroxylation sites is 1. The molecule has 0 unspecified atom stereocenters. The van der Waals surface area contributed by atoms with E-state index < -0.39 is 29.2 Å². The van der Waals surface area contributed by atoms with E-state index in [0.717, 1.165) is 17.0 Å². The average molecular weight is 526 g/mol. The van der Waals surface area contributed by atoms with Gasteiger partial charge in [-0.1, -0.05) is 6.07 Å². The Morgan fingerprint density at radius 1 is 1.11 bits per heavy atom. The highest BCUT2D eigenvalue weighted by Crippen LogP contribution is 2.40. The Morgan fingerprint density at radius 2 is 1.82 bits per heavy atom. The highest BCUT2D eigenvalue weighted by molar-refractivity contribution is 6.02. The van der Waals surface area contributed by atoms with Gasteiger partial charge in [0.2, 0.25) is 5.95 Å². The minimum Gasteiger partial charge on any atom is -0.466 e. The quantitative estimate of drug-likeness (QED) is 0.472. The van der Waals surface area contributed by atoms with Crippen molar-refractivity contribution in [2.45, 2.75) is 33.2 Å². The van der Waals surface area contributed by atoms with Crippen LogP contribution in [-0.2, 0) is 16.1 Å². The van der Waals surface area contributed by atoms with Crippen LogP contribution in [0.15, 0.2) is 36.4 Å². The number of carbonyl (C=O) groups is 2. The number of fused-ring (bicyclic) bond motifs is 1. The predicted octanol–water partition coefficient (Wildman–Crippen LogP) is 5.01. The van der Waals surface area contributed by atoms with Crippen molar-refractivity contribution in [1.29, 1.82) is 0 Å². The summed E-state index contributed by atoms with van der Waals surface area (Å²) in [6.45, 7) is 4.67. The number of benzene rings is 2. The number of amides is 2. The molecule has 5 rings (SSSR count). The van der Waals surface area contributed by atoms with E-state index in [2.05, 4.69) is 10.3 Å². The number of nitrogens with one attached hydrogen (secondary N) is 1. The van der Waals surface area contributed by atoms with Gasteiger partial charge in [0.1, 0.15) is 23.1 Å². The van der Waals surface area contributed by atoms with Crippen LogP contribution in [0.1, 0.15) is 30.9 Å². The van der Waals surface area contributed by atoms with E-state index in [1.807, 2.05) is 4.90 Å². The van der Waals surface area contributed by atoms with Gasteiger partial charge in [0.25, 0.3) is 0 Å². The van der Waals surface area contributed by atoms with E-state index in [-0.39, 0.29) is 30.2 Å². The number of hydrogen-bond acceptors (Lipinski definition) is 6. The first-order valence-electron chi connectivity index (χ1n) is 12.4. The number of urea groups is 1. The van der Waals surface area contributed by atoms with Gasteiger partial charge in [-0.3, -0.25) is 4.79 Å². The molecule has 0 atom stereocenters. The molecule has 38 heavy (non-hydrogen) atoms. The molecule has 11 heteroatoms. The lowest BCUT2D eigenvalue weighted by atomic mass is 9.97. The standard InChI is InChI=1S/C27H26F3N5O3/c1-3-38-25(36)16-9-11-34(12-10-16)26-32-22(18-8-7-17(28)13-15(18)2)19-14-31-27(37)35(24(19)33-26)23-20(29)5-4-6-21(23)30/h4-8,13,16H,3,9-12,14H2,1-2H3,(H,31,37). The van der Waals surface area contributed by atoms with Gasteiger partial charge in [0.05, 0.1) is 24.8 Å². The van der Waals surface area contributed by atoms with Crippen molar-refractivity contribution in [3.8, 4) is 11.3 Å². The van der Waals surface area contributed by atoms with Crippen molar-refractivity contribution >= 4 is 29.5 Å². The van der Waals surface area contributed by atoms with Gasteiger partial charge in [0.15, 0.2) is 5.82 Å². The summed E-state index contributed by atoms with van der Waals surface area (Å²) < 4.78 is 48.8. The maximum atomic E-state index is 14.9. The number of rotatable bonds is 5. The summed E-state index contributed by atoms with van der Waals surface area (Å²) in [6.07, 6.45) is 1.02. The number of esters is 1. The second-order valence-corrected chi connectivity index (χ2v) is 9.21. The van der Waals surface area contributed by atoms with E-state index in [0.29, 0.717) is 54.9 Å². The summed E-state index contributed by atoms with van der Waals surface area (Å²) in [5, 5.41) is 2.65. The molecule has 1 saturated heterocycles. The van der Waals surface area contributed by atoms with Gasteiger partial charge in [-0.2, -0.15) is 4.98 Å². The zero-order valence-corrected chi connectivity index (χ0v) is 20.9. The molecule has 0 radical (unpaired) electrons. The van der Waals surface area contributed by atoms with E-state index in [4.69, 9.17) is 9.72 Å². The Bertz CT molecular complexity index is 1390. The first-order valence-corrected chi connectivity index (χ1v) is 12.4. The minimum absolute atomic E-state index is 0.0120. The Labute approximate surface area is 217 Å². The van der Waals surface area contributed by atoms with E-state index in [1.165, 1.54) is 18.2 Å². The zero-order valence-electron chi connectivity index (χ0n) is 20.9. The van der Waals surface area contributed by atoms with Crippen molar-refractivity contribution in [2.24, 2.45) is 5.92 Å². The number of carbonyl (C=O) groups excluding carboxylic acids is 2. The fourth-order valence-corrected chi connectivity index (χ4v) is 4.89. The average Bonchev–Trinajstić information content (AvgIpc) is 2.89. The van der Waals surface area contributed by atoms with Crippen molar-refractivity contribution in [3.63, 3.8) is 0 Å². The molecule has 1 fully saturated rings. The topological polar surface area (TPSA) is 87.7 Å². The van der Waals surface area contributed by atoms with Crippen LogP contribution in [0.3, 0.4) is 0 Å². The molecule has 2 aromatic carbocycles. The normalized spacial score (nSPS) is 15.8. The van der Waals surface area contributed by atoms with E-state index in [9.17, 15) is 22.8 Å². The molecule has 198 valence electrons. The lowest BCUT2D eigenvalue weighted by Gasteiger charge is -2.34. The summed E-state index contributed by atoms with van der Waals surface area (Å²) in [5.74, 6) is -2.50. The Balaban J connectivity index is 1.64. The molecule has 0 bridgehead atoms. The summed E-state index contributed by atoms with van der Waals surface area (Å²) in [6, 6.07) is 6.84. The highest BCUT2D eigenvalue weighted by atomic mass is 19.1. The highest BCUT2D eigenvalue weighted by Gasteiger charge is 2.35. The SMILES string of the molecule is CCOC(=O)C1CCN(c2nc(-c3ccc(F)cc3C)c3c(n2)N(c2c(F)cccc2F)C(=O)NC3)CC1. The van der Waals surface area contributed by atoms with Crippen LogP contribution >= 0.6 is 0 Å². The molecule has 1 N–H and O–H groups in total. The molecule has 1 aromatic heterocycles. The number of anilines is 3. The van der Waals surface area contributed by atoms with Gasteiger partial charge >= 0.3 is 12.0 Å². The van der Waals surface area contributed by atoms with Crippen molar-refractivity contribution in [3.05, 3.63) is 65.0 Å². The van der Waals surface area contributed by atoms with E-state index in [1.54, 1.807) is 19.9 Å². The summed E-state index contributed by atoms with van der Waals surface area (Å²) in [5.41, 5.74) is 1.48. The Morgan fingerprint density at radius 3 is 2.47 bits per heavy atom. The zero-order chi connectivity index (χ0) is 27.0. The Hall–Kier alpha value is -4.15. The summed E-state index contributed by atoms with van der Waals surface area (Å²) in [4.78, 5) is 37.4. The summed E-state index contributed by atoms with van der Waals surface area (Å²) >= 11 is 0. The molecule has 2 aliphatic heterocycles. The maximum absolute atomic E-state index is 14.9. The van der Waals surface area contributed by atoms with Crippen LogP contribution in [0.25, 0.3) is 11.3 Å². The predicted molar refractivity (Wildman–Crippen MR) is 134 cm³/mol. The third-order valence-corrected chi connectivity index (χ3v) is 6.81. The van der Waals surface area contributed by atoms with Crippen LogP contribution < -0.4 is 15.1 Å². The first kappa shape index (κ1) is 25.5. The third kappa shape index (κ3) is 4.64. The molecule has 0 aliphatic carbocycles. The van der Waals surface area contributed by atoms with Gasteiger partial charge in [-0.25, -0.2) is 27.8 Å².